The average molecular weight is 347 g/mol. The summed E-state index contributed by atoms with van der Waals surface area (Å²) in [6.45, 7) is 3.77. The smallest absolute Gasteiger partial charge is 0.262 e. The predicted octanol–water partition coefficient (Wildman–Crippen LogP) is 4.46. The van der Waals surface area contributed by atoms with E-state index in [0.717, 1.165) is 0 Å². The second-order valence-electron chi connectivity index (χ2n) is 4.49. The summed E-state index contributed by atoms with van der Waals surface area (Å²) in [5.41, 5.74) is 0.568. The van der Waals surface area contributed by atoms with Gasteiger partial charge >= 0.3 is 0 Å². The van der Waals surface area contributed by atoms with Crippen LogP contribution in [0.2, 0.25) is 10.0 Å². The highest BCUT2D eigenvalue weighted by Gasteiger charge is 2.12. The number of nitrogens with zero attached hydrogens (tertiary/aromatic N) is 1. The minimum absolute atomic E-state index is 0.0649. The Labute approximate surface area is 143 Å². The van der Waals surface area contributed by atoms with Crippen LogP contribution in [0.15, 0.2) is 53.0 Å². The molecule has 1 amide bonds. The third kappa shape index (κ3) is 4.26. The van der Waals surface area contributed by atoms with Crippen LogP contribution >= 0.6 is 23.2 Å². The van der Waals surface area contributed by atoms with Crippen LogP contribution in [-0.4, -0.2) is 12.5 Å². The first kappa shape index (κ1) is 16.9. The highest BCUT2D eigenvalue weighted by Crippen LogP contribution is 2.32. The van der Waals surface area contributed by atoms with E-state index in [-0.39, 0.29) is 12.1 Å². The fraction of sp³-hybridized carbons (Fsp3) is 0.0588. The van der Waals surface area contributed by atoms with Gasteiger partial charge in [0.2, 0.25) is 0 Å². The molecule has 1 N–H and O–H groups in total. The van der Waals surface area contributed by atoms with Crippen molar-refractivity contribution in [2.45, 2.75) is 0 Å². The number of amides is 1. The molecule has 0 aliphatic heterocycles. The molecule has 1 aromatic carbocycles. The van der Waals surface area contributed by atoms with Gasteiger partial charge in [-0.2, -0.15) is 5.26 Å². The van der Waals surface area contributed by atoms with E-state index in [1.54, 1.807) is 30.3 Å². The lowest BCUT2D eigenvalue weighted by atomic mass is 10.2. The summed E-state index contributed by atoms with van der Waals surface area (Å²) < 4.78 is 5.62. The first-order chi connectivity index (χ1) is 11.0. The Kier molecular flexibility index (Phi) is 5.64. The molecule has 0 aliphatic rings. The number of hydrogen-bond donors (Lipinski definition) is 1. The van der Waals surface area contributed by atoms with Crippen molar-refractivity contribution in [1.82, 2.24) is 5.32 Å². The van der Waals surface area contributed by atoms with Crippen molar-refractivity contribution in [3.05, 3.63) is 64.4 Å². The molecule has 116 valence electrons. The van der Waals surface area contributed by atoms with E-state index in [4.69, 9.17) is 32.9 Å². The van der Waals surface area contributed by atoms with Gasteiger partial charge in [0.05, 0.1) is 5.02 Å². The Balaban J connectivity index is 2.29. The van der Waals surface area contributed by atoms with Crippen LogP contribution in [0.1, 0.15) is 5.76 Å². The summed E-state index contributed by atoms with van der Waals surface area (Å²) in [5, 5.41) is 12.6. The second kappa shape index (κ2) is 7.68. The normalized spacial score (nSPS) is 10.9. The summed E-state index contributed by atoms with van der Waals surface area (Å²) in [5.74, 6) is 0.361. The van der Waals surface area contributed by atoms with Gasteiger partial charge in [0, 0.05) is 23.2 Å². The minimum Gasteiger partial charge on any atom is -0.457 e. The number of nitrogens with one attached hydrogen (secondary N) is 1. The van der Waals surface area contributed by atoms with Crippen LogP contribution in [0, 0.1) is 11.3 Å². The summed E-state index contributed by atoms with van der Waals surface area (Å²) in [6.07, 6.45) is 2.89. The van der Waals surface area contributed by atoms with Crippen LogP contribution in [0.3, 0.4) is 0 Å². The largest absolute Gasteiger partial charge is 0.457 e. The van der Waals surface area contributed by atoms with Crippen molar-refractivity contribution in [2.24, 2.45) is 0 Å². The fourth-order valence-corrected chi connectivity index (χ4v) is 2.20. The molecule has 2 aromatic rings. The van der Waals surface area contributed by atoms with Crippen LogP contribution in [0.25, 0.3) is 17.4 Å². The molecule has 0 unspecified atom stereocenters. The standard InChI is InChI=1S/C17H12Cl2N2O2/c1-2-7-21-17(22)11(10-20)8-13-4-6-16(23-13)14-9-12(18)3-5-15(14)19/h2-6,8-9H,1,7H2,(H,21,22)/b11-8+. The lowest BCUT2D eigenvalue weighted by molar-refractivity contribution is -0.116. The van der Waals surface area contributed by atoms with E-state index in [0.29, 0.717) is 27.1 Å². The van der Waals surface area contributed by atoms with Gasteiger partial charge in [-0.15, -0.1) is 6.58 Å². The highest BCUT2D eigenvalue weighted by atomic mass is 35.5. The molecule has 0 fully saturated rings. The zero-order valence-corrected chi connectivity index (χ0v) is 13.5. The maximum absolute atomic E-state index is 11.8. The number of furan rings is 1. The number of hydrogen-bond acceptors (Lipinski definition) is 3. The first-order valence-corrected chi connectivity index (χ1v) is 7.37. The van der Waals surface area contributed by atoms with E-state index in [1.165, 1.54) is 12.2 Å². The van der Waals surface area contributed by atoms with Gasteiger partial charge in [0.1, 0.15) is 23.2 Å². The van der Waals surface area contributed by atoms with Crippen molar-refractivity contribution in [3.8, 4) is 17.4 Å². The van der Waals surface area contributed by atoms with Gasteiger partial charge in [-0.3, -0.25) is 4.79 Å². The van der Waals surface area contributed by atoms with Crippen LogP contribution in [0.4, 0.5) is 0 Å². The summed E-state index contributed by atoms with van der Waals surface area (Å²) in [4.78, 5) is 11.8. The monoisotopic (exact) mass is 346 g/mol. The van der Waals surface area contributed by atoms with Gasteiger partial charge < -0.3 is 9.73 Å². The molecule has 0 spiro atoms. The zero-order valence-electron chi connectivity index (χ0n) is 12.0. The molecular formula is C17H12Cl2N2O2. The van der Waals surface area contributed by atoms with Crippen LogP contribution < -0.4 is 5.32 Å². The Bertz CT molecular complexity index is 816. The molecular weight excluding hydrogens is 335 g/mol. The maximum atomic E-state index is 11.8. The minimum atomic E-state index is -0.494. The number of carbonyl (C=O) groups is 1. The van der Waals surface area contributed by atoms with E-state index < -0.39 is 5.91 Å². The molecule has 6 heteroatoms. The quantitative estimate of drug-likeness (QED) is 0.493. The molecule has 4 nitrogen and oxygen atoms in total. The lowest BCUT2D eigenvalue weighted by Gasteiger charge is -2.01. The number of nitriles is 1. The van der Waals surface area contributed by atoms with Crippen molar-refractivity contribution in [1.29, 1.82) is 5.26 Å². The molecule has 0 saturated heterocycles. The van der Waals surface area contributed by atoms with Gasteiger partial charge in [-0.1, -0.05) is 29.3 Å². The zero-order chi connectivity index (χ0) is 16.8. The Morgan fingerprint density at radius 2 is 2.13 bits per heavy atom. The Morgan fingerprint density at radius 1 is 1.35 bits per heavy atom. The predicted molar refractivity (Wildman–Crippen MR) is 91.0 cm³/mol. The Morgan fingerprint density at radius 3 is 2.83 bits per heavy atom. The summed E-state index contributed by atoms with van der Waals surface area (Å²) in [7, 11) is 0. The third-order valence-corrected chi connectivity index (χ3v) is 3.44. The molecule has 1 heterocycles. The highest BCUT2D eigenvalue weighted by molar-refractivity contribution is 6.35. The maximum Gasteiger partial charge on any atom is 0.262 e. The van der Waals surface area contributed by atoms with Crippen LogP contribution in [0.5, 0.6) is 0 Å². The molecule has 0 bridgehead atoms. The first-order valence-electron chi connectivity index (χ1n) is 6.61. The van der Waals surface area contributed by atoms with E-state index >= 15 is 0 Å². The number of rotatable bonds is 5. The van der Waals surface area contributed by atoms with E-state index in [2.05, 4.69) is 11.9 Å². The Hall–Kier alpha value is -2.48. The van der Waals surface area contributed by atoms with Gasteiger partial charge in [-0.25, -0.2) is 0 Å². The van der Waals surface area contributed by atoms with E-state index in [1.807, 2.05) is 6.07 Å². The SMILES string of the molecule is C=CCNC(=O)/C(C#N)=C/c1ccc(-c2cc(Cl)ccc2Cl)o1. The van der Waals surface area contributed by atoms with Gasteiger partial charge in [0.25, 0.3) is 5.91 Å². The summed E-state index contributed by atoms with van der Waals surface area (Å²) in [6, 6.07) is 10.2. The second-order valence-corrected chi connectivity index (χ2v) is 5.34. The molecule has 0 aliphatic carbocycles. The van der Waals surface area contributed by atoms with Crippen molar-refractivity contribution in [3.63, 3.8) is 0 Å². The molecule has 23 heavy (non-hydrogen) atoms. The molecule has 0 radical (unpaired) electrons. The van der Waals surface area contributed by atoms with Crippen LogP contribution in [-0.2, 0) is 4.79 Å². The van der Waals surface area contributed by atoms with Crippen molar-refractivity contribution in [2.75, 3.05) is 6.54 Å². The number of benzene rings is 1. The lowest BCUT2D eigenvalue weighted by Crippen LogP contribution is -2.24. The van der Waals surface area contributed by atoms with Gasteiger partial charge in [0.15, 0.2) is 0 Å². The van der Waals surface area contributed by atoms with Crippen molar-refractivity contribution >= 4 is 35.2 Å². The molecule has 0 atom stereocenters. The molecule has 1 aromatic heterocycles. The molecule has 2 rings (SSSR count). The fourth-order valence-electron chi connectivity index (χ4n) is 1.81. The number of carbonyl (C=O) groups excluding carboxylic acids is 1. The average Bonchev–Trinajstić information content (AvgIpc) is 3.01. The summed E-state index contributed by atoms with van der Waals surface area (Å²) >= 11 is 12.1. The van der Waals surface area contributed by atoms with Gasteiger partial charge in [-0.05, 0) is 30.3 Å². The molecule has 0 saturated carbocycles. The number of halogens is 2. The topological polar surface area (TPSA) is 66.0 Å². The third-order valence-electron chi connectivity index (χ3n) is 2.88. The van der Waals surface area contributed by atoms with Crippen molar-refractivity contribution < 1.29 is 9.21 Å². The van der Waals surface area contributed by atoms with E-state index in [9.17, 15) is 4.79 Å².